The lowest BCUT2D eigenvalue weighted by atomic mass is 10.1. The maximum absolute atomic E-state index is 5.85. The topological polar surface area (TPSA) is 45.5 Å². The number of aromatic nitrogens is 2. The van der Waals surface area contributed by atoms with Crippen LogP contribution in [-0.2, 0) is 20.9 Å². The maximum Gasteiger partial charge on any atom is 0.186 e. The Bertz CT molecular complexity index is 678. The molecule has 0 bridgehead atoms. The summed E-state index contributed by atoms with van der Waals surface area (Å²) in [5, 5.41) is 5.53. The molecule has 0 radical (unpaired) electrons. The van der Waals surface area contributed by atoms with Gasteiger partial charge in [0.15, 0.2) is 6.29 Å². The van der Waals surface area contributed by atoms with Gasteiger partial charge in [0.05, 0.1) is 24.9 Å². The predicted octanol–water partition coefficient (Wildman–Crippen LogP) is 4.16. The molecule has 1 aliphatic heterocycles. The molecule has 2 aromatic rings. The number of rotatable bonds is 6. The Balaban J connectivity index is 1.80. The Labute approximate surface area is 146 Å². The van der Waals surface area contributed by atoms with E-state index in [1.807, 2.05) is 16.9 Å². The molecule has 5 nitrogen and oxygen atoms in total. The van der Waals surface area contributed by atoms with Crippen LogP contribution in [0, 0.1) is 0 Å². The first-order chi connectivity index (χ1) is 10.9. The summed E-state index contributed by atoms with van der Waals surface area (Å²) in [6, 6.07) is 5.25. The van der Waals surface area contributed by atoms with Gasteiger partial charge < -0.3 is 14.2 Å². The van der Waals surface area contributed by atoms with Crippen LogP contribution in [0.15, 0.2) is 22.8 Å². The lowest BCUT2D eigenvalue weighted by Gasteiger charge is -2.16. The second-order valence-corrected chi connectivity index (χ2v) is 13.5. The van der Waals surface area contributed by atoms with Crippen molar-refractivity contribution in [2.75, 3.05) is 19.8 Å². The van der Waals surface area contributed by atoms with E-state index in [1.54, 1.807) is 0 Å². The van der Waals surface area contributed by atoms with Crippen molar-refractivity contribution in [3.8, 4) is 0 Å². The molecule has 1 saturated heterocycles. The van der Waals surface area contributed by atoms with E-state index in [0.29, 0.717) is 19.9 Å². The SMILES string of the molecule is C[Si](C)(C)CCOCn1ncc2cc(Br)cc(C3OCCO3)c21. The fraction of sp³-hybridized carbons (Fsp3) is 0.562. The van der Waals surface area contributed by atoms with E-state index < -0.39 is 8.07 Å². The molecule has 0 amide bonds. The molecule has 2 heterocycles. The summed E-state index contributed by atoms with van der Waals surface area (Å²) in [7, 11) is -1.07. The summed E-state index contributed by atoms with van der Waals surface area (Å²) in [4.78, 5) is 0. The van der Waals surface area contributed by atoms with Gasteiger partial charge >= 0.3 is 0 Å². The number of hydrogen-bond donors (Lipinski definition) is 0. The standard InChI is InChI=1S/C16H23BrN2O3Si/c1-23(2,3)7-6-20-11-19-15-12(10-18-19)8-13(17)9-14(15)16-21-4-5-22-16/h8-10,16H,4-7,11H2,1-3H3. The minimum absolute atomic E-state index is 0.326. The van der Waals surface area contributed by atoms with Gasteiger partial charge in [-0.25, -0.2) is 4.68 Å². The average molecular weight is 399 g/mol. The zero-order valence-corrected chi connectivity index (χ0v) is 16.4. The van der Waals surface area contributed by atoms with Crippen molar-refractivity contribution < 1.29 is 14.2 Å². The molecule has 1 aromatic heterocycles. The van der Waals surface area contributed by atoms with Gasteiger partial charge in [-0.2, -0.15) is 5.10 Å². The quantitative estimate of drug-likeness (QED) is 0.541. The summed E-state index contributed by atoms with van der Waals surface area (Å²) < 4.78 is 20.1. The Hall–Kier alpha value is -0.733. The van der Waals surface area contributed by atoms with E-state index in [0.717, 1.165) is 33.6 Å². The summed E-state index contributed by atoms with van der Waals surface area (Å²) >= 11 is 3.55. The summed E-state index contributed by atoms with van der Waals surface area (Å²) in [6.07, 6.45) is 1.54. The molecule has 0 spiro atoms. The first-order valence-corrected chi connectivity index (χ1v) is 12.4. The van der Waals surface area contributed by atoms with Crippen LogP contribution in [0.2, 0.25) is 25.7 Å². The fourth-order valence-electron chi connectivity index (χ4n) is 2.57. The van der Waals surface area contributed by atoms with Gasteiger partial charge in [0.25, 0.3) is 0 Å². The molecule has 0 N–H and O–H groups in total. The predicted molar refractivity (Wildman–Crippen MR) is 96.2 cm³/mol. The molecule has 0 saturated carbocycles. The van der Waals surface area contributed by atoms with Crippen LogP contribution in [0.4, 0.5) is 0 Å². The molecule has 3 rings (SSSR count). The van der Waals surface area contributed by atoms with Crippen molar-refractivity contribution >= 4 is 34.9 Å². The van der Waals surface area contributed by atoms with Gasteiger partial charge in [-0.3, -0.25) is 0 Å². The smallest absolute Gasteiger partial charge is 0.186 e. The minimum Gasteiger partial charge on any atom is -0.360 e. The number of fused-ring (bicyclic) bond motifs is 1. The van der Waals surface area contributed by atoms with Gasteiger partial charge in [0.2, 0.25) is 0 Å². The molecule has 0 aliphatic carbocycles. The van der Waals surface area contributed by atoms with Crippen molar-refractivity contribution in [1.82, 2.24) is 9.78 Å². The molecule has 0 unspecified atom stereocenters. The molecular formula is C16H23BrN2O3Si. The lowest BCUT2D eigenvalue weighted by molar-refractivity contribution is -0.0434. The van der Waals surface area contributed by atoms with E-state index in [4.69, 9.17) is 14.2 Å². The van der Waals surface area contributed by atoms with E-state index in [-0.39, 0.29) is 6.29 Å². The van der Waals surface area contributed by atoms with E-state index >= 15 is 0 Å². The number of halogens is 1. The Morgan fingerprint density at radius 3 is 2.74 bits per heavy atom. The van der Waals surface area contributed by atoms with Crippen LogP contribution in [0.3, 0.4) is 0 Å². The second kappa shape index (κ2) is 7.02. The van der Waals surface area contributed by atoms with Crippen molar-refractivity contribution in [2.24, 2.45) is 0 Å². The van der Waals surface area contributed by atoms with Gasteiger partial charge in [0, 0.05) is 30.1 Å². The van der Waals surface area contributed by atoms with Crippen LogP contribution in [0.5, 0.6) is 0 Å². The van der Waals surface area contributed by atoms with Crippen molar-refractivity contribution in [3.63, 3.8) is 0 Å². The second-order valence-electron chi connectivity index (χ2n) is 7.00. The average Bonchev–Trinajstić information content (AvgIpc) is 3.11. The number of nitrogens with zero attached hydrogens (tertiary/aromatic N) is 2. The molecule has 1 aliphatic rings. The normalized spacial score (nSPS) is 16.5. The highest BCUT2D eigenvalue weighted by atomic mass is 79.9. The monoisotopic (exact) mass is 398 g/mol. The Morgan fingerprint density at radius 1 is 1.30 bits per heavy atom. The highest BCUT2D eigenvalue weighted by Crippen LogP contribution is 2.33. The van der Waals surface area contributed by atoms with Crippen molar-refractivity contribution in [3.05, 3.63) is 28.4 Å². The summed E-state index contributed by atoms with van der Waals surface area (Å²) in [5.74, 6) is 0. The number of ether oxygens (including phenoxy) is 3. The minimum atomic E-state index is -1.07. The highest BCUT2D eigenvalue weighted by molar-refractivity contribution is 9.10. The molecule has 0 atom stereocenters. The van der Waals surface area contributed by atoms with Gasteiger partial charge in [-0.1, -0.05) is 35.6 Å². The molecule has 23 heavy (non-hydrogen) atoms. The first kappa shape index (κ1) is 17.1. The third kappa shape index (κ3) is 4.22. The first-order valence-electron chi connectivity index (χ1n) is 7.90. The van der Waals surface area contributed by atoms with Crippen LogP contribution in [0.1, 0.15) is 11.9 Å². The van der Waals surface area contributed by atoms with Crippen LogP contribution in [-0.4, -0.2) is 37.7 Å². The van der Waals surface area contributed by atoms with E-state index in [1.165, 1.54) is 0 Å². The molecule has 126 valence electrons. The van der Waals surface area contributed by atoms with E-state index in [9.17, 15) is 0 Å². The Kier molecular flexibility index (Phi) is 5.22. The third-order valence-corrected chi connectivity index (χ3v) is 5.98. The zero-order chi connectivity index (χ0) is 16.4. The van der Waals surface area contributed by atoms with E-state index in [2.05, 4.69) is 46.7 Å². The van der Waals surface area contributed by atoms with Crippen LogP contribution < -0.4 is 0 Å². The maximum atomic E-state index is 5.85. The fourth-order valence-corrected chi connectivity index (χ4v) is 3.82. The summed E-state index contributed by atoms with van der Waals surface area (Å²) in [5.41, 5.74) is 2.02. The van der Waals surface area contributed by atoms with Crippen LogP contribution in [0.25, 0.3) is 10.9 Å². The molecular weight excluding hydrogens is 376 g/mol. The molecule has 1 fully saturated rings. The highest BCUT2D eigenvalue weighted by Gasteiger charge is 2.23. The van der Waals surface area contributed by atoms with Gasteiger partial charge in [-0.05, 0) is 18.2 Å². The molecule has 7 heteroatoms. The van der Waals surface area contributed by atoms with Crippen molar-refractivity contribution in [2.45, 2.75) is 38.7 Å². The molecule has 1 aromatic carbocycles. The largest absolute Gasteiger partial charge is 0.360 e. The number of hydrogen-bond acceptors (Lipinski definition) is 4. The van der Waals surface area contributed by atoms with Crippen molar-refractivity contribution in [1.29, 1.82) is 0 Å². The summed E-state index contributed by atoms with van der Waals surface area (Å²) in [6.45, 7) is 9.53. The lowest BCUT2D eigenvalue weighted by Crippen LogP contribution is -2.22. The van der Waals surface area contributed by atoms with Crippen LogP contribution >= 0.6 is 15.9 Å². The third-order valence-electron chi connectivity index (χ3n) is 3.81. The van der Waals surface area contributed by atoms with Gasteiger partial charge in [-0.15, -0.1) is 0 Å². The van der Waals surface area contributed by atoms with Gasteiger partial charge in [0.1, 0.15) is 6.73 Å². The number of benzene rings is 1. The Morgan fingerprint density at radius 2 is 2.04 bits per heavy atom. The zero-order valence-electron chi connectivity index (χ0n) is 13.8.